The second kappa shape index (κ2) is 14.4. The summed E-state index contributed by atoms with van der Waals surface area (Å²) < 4.78 is 9.19. The molecule has 0 amide bonds. The van der Waals surface area contributed by atoms with Crippen LogP contribution in [-0.2, 0) is 0 Å². The monoisotopic (exact) mass is 798 g/mol. The Morgan fingerprint density at radius 1 is 0.361 bits per heavy atom. The average Bonchev–Trinajstić information content (AvgIpc) is 3.90. The molecule has 61 heavy (non-hydrogen) atoms. The highest BCUT2D eigenvalue weighted by atomic mass is 32.1. The number of fused-ring (bicyclic) bond motifs is 7. The predicted molar refractivity (Wildman–Crippen MR) is 254 cm³/mol. The summed E-state index contributed by atoms with van der Waals surface area (Å²) in [4.78, 5) is 17.4. The molecule has 0 atom stereocenters. The van der Waals surface area contributed by atoms with Crippen molar-refractivity contribution in [2.24, 2.45) is 0 Å². The summed E-state index contributed by atoms with van der Waals surface area (Å²) in [6.45, 7) is 0. The molecule has 0 spiro atoms. The summed E-state index contributed by atoms with van der Waals surface area (Å²) in [7, 11) is 0. The van der Waals surface area contributed by atoms with Gasteiger partial charge in [0.2, 0.25) is 0 Å². The summed E-state index contributed by atoms with van der Waals surface area (Å²) in [6, 6.07) is 72.3. The molecule has 0 unspecified atom stereocenters. The van der Waals surface area contributed by atoms with Gasteiger partial charge in [0.15, 0.2) is 17.5 Å². The summed E-state index contributed by atoms with van der Waals surface area (Å²) in [6.07, 6.45) is 0. The molecule has 5 nitrogen and oxygen atoms in total. The lowest BCUT2D eigenvalue weighted by atomic mass is 10.0. The lowest BCUT2D eigenvalue weighted by Gasteiger charge is -2.26. The Morgan fingerprint density at radius 2 is 0.984 bits per heavy atom. The molecule has 0 saturated carbocycles. The van der Waals surface area contributed by atoms with Crippen molar-refractivity contribution in [2.75, 3.05) is 4.90 Å². The number of anilines is 3. The molecule has 0 bridgehead atoms. The molecule has 0 aliphatic rings. The van der Waals surface area contributed by atoms with Crippen LogP contribution in [0.3, 0.4) is 0 Å². The SMILES string of the molecule is c1ccc(-c2nc(-c3ccccc3)nc(-c3cccc4oc5cc(-c6ccc(N(c7ccc8ccccc8c7)c7ccc8sc9ccccc9c8c7)cc6)ccc5c34)n2)cc1. The van der Waals surface area contributed by atoms with Crippen molar-refractivity contribution in [3.8, 4) is 45.3 Å². The van der Waals surface area contributed by atoms with Crippen molar-refractivity contribution >= 4 is 81.3 Å². The van der Waals surface area contributed by atoms with Crippen LogP contribution in [0.15, 0.2) is 211 Å². The normalized spacial score (nSPS) is 11.6. The molecule has 6 heteroatoms. The van der Waals surface area contributed by atoms with Crippen molar-refractivity contribution in [1.29, 1.82) is 0 Å². The maximum absolute atomic E-state index is 6.60. The fourth-order valence-electron chi connectivity index (χ4n) is 8.54. The van der Waals surface area contributed by atoms with Crippen molar-refractivity contribution in [3.63, 3.8) is 0 Å². The molecule has 0 saturated heterocycles. The Kier molecular flexibility index (Phi) is 8.28. The van der Waals surface area contributed by atoms with Crippen LogP contribution in [0.25, 0.3) is 98.2 Å². The van der Waals surface area contributed by atoms with Gasteiger partial charge in [-0.25, -0.2) is 15.0 Å². The zero-order chi connectivity index (χ0) is 40.3. The van der Waals surface area contributed by atoms with Crippen LogP contribution in [0, 0.1) is 0 Å². The number of hydrogen-bond donors (Lipinski definition) is 0. The van der Waals surface area contributed by atoms with Crippen LogP contribution in [0.4, 0.5) is 17.1 Å². The van der Waals surface area contributed by atoms with Crippen molar-refractivity contribution in [3.05, 3.63) is 206 Å². The number of aromatic nitrogens is 3. The number of benzene rings is 9. The zero-order valence-corrected chi connectivity index (χ0v) is 33.6. The molecule has 0 fully saturated rings. The topological polar surface area (TPSA) is 55.1 Å². The van der Waals surface area contributed by atoms with Crippen molar-refractivity contribution in [2.45, 2.75) is 0 Å². The molecule has 0 N–H and O–H groups in total. The first kappa shape index (κ1) is 35.1. The third kappa shape index (κ3) is 6.20. The number of furan rings is 1. The number of thiophene rings is 1. The molecule has 9 aromatic carbocycles. The third-order valence-corrected chi connectivity index (χ3v) is 12.7. The van der Waals surface area contributed by atoms with E-state index in [-0.39, 0.29) is 0 Å². The standard InChI is InChI=1S/C55H34N4OS/c1-3-13-37(14-4-1)53-56-54(38-15-5-2-6-16-38)58-55(57-53)46-19-11-20-48-52(46)45-30-25-40(33-49(45)60-48)36-22-26-41(27-23-36)59(42-28-24-35-12-7-8-17-39(35)32-42)43-29-31-51-47(34-43)44-18-9-10-21-50(44)61-51/h1-34H. The van der Waals surface area contributed by atoms with E-state index in [1.165, 1.54) is 30.9 Å². The van der Waals surface area contributed by atoms with Crippen molar-refractivity contribution < 1.29 is 4.42 Å². The van der Waals surface area contributed by atoms with E-state index in [9.17, 15) is 0 Å². The van der Waals surface area contributed by atoms with Gasteiger partial charge in [-0.05, 0) is 88.6 Å². The van der Waals surface area contributed by atoms with Gasteiger partial charge in [0.05, 0.1) is 0 Å². The molecule has 0 radical (unpaired) electrons. The number of hydrogen-bond acceptors (Lipinski definition) is 6. The number of nitrogens with zero attached hydrogens (tertiary/aromatic N) is 4. The van der Waals surface area contributed by atoms with E-state index in [4.69, 9.17) is 19.4 Å². The first-order valence-electron chi connectivity index (χ1n) is 20.3. The Hall–Kier alpha value is -7.93. The highest BCUT2D eigenvalue weighted by Gasteiger charge is 2.19. The fourth-order valence-corrected chi connectivity index (χ4v) is 9.63. The van der Waals surface area contributed by atoms with E-state index in [0.717, 1.165) is 66.8 Å². The third-order valence-electron chi connectivity index (χ3n) is 11.5. The van der Waals surface area contributed by atoms with E-state index in [2.05, 4.69) is 138 Å². The van der Waals surface area contributed by atoms with E-state index < -0.39 is 0 Å². The van der Waals surface area contributed by atoms with E-state index in [0.29, 0.717) is 17.5 Å². The van der Waals surface area contributed by atoms with Crippen LogP contribution >= 0.6 is 11.3 Å². The van der Waals surface area contributed by atoms with Crippen LogP contribution < -0.4 is 4.90 Å². The fraction of sp³-hybridized carbons (Fsp3) is 0. The van der Waals surface area contributed by atoms with Gasteiger partial charge in [0, 0.05) is 64.7 Å². The van der Waals surface area contributed by atoms with Gasteiger partial charge >= 0.3 is 0 Å². The smallest absolute Gasteiger partial charge is 0.164 e. The maximum Gasteiger partial charge on any atom is 0.164 e. The van der Waals surface area contributed by atoms with Gasteiger partial charge in [0.1, 0.15) is 11.2 Å². The molecule has 12 aromatic rings. The molecule has 3 aromatic heterocycles. The highest BCUT2D eigenvalue weighted by Crippen LogP contribution is 2.43. The molecule has 12 rings (SSSR count). The lowest BCUT2D eigenvalue weighted by Crippen LogP contribution is -2.09. The minimum absolute atomic E-state index is 0.600. The molecule has 0 aliphatic heterocycles. The highest BCUT2D eigenvalue weighted by molar-refractivity contribution is 7.25. The first-order chi connectivity index (χ1) is 30.2. The largest absolute Gasteiger partial charge is 0.456 e. The second-order valence-corrected chi connectivity index (χ2v) is 16.3. The maximum atomic E-state index is 6.60. The van der Waals surface area contributed by atoms with Gasteiger partial charge in [0.25, 0.3) is 0 Å². The molecule has 286 valence electrons. The summed E-state index contributed by atoms with van der Waals surface area (Å²) >= 11 is 1.84. The number of rotatable bonds is 7. The quantitative estimate of drug-likeness (QED) is 0.161. The van der Waals surface area contributed by atoms with Gasteiger partial charge in [-0.15, -0.1) is 11.3 Å². The van der Waals surface area contributed by atoms with E-state index in [1.54, 1.807) is 0 Å². The van der Waals surface area contributed by atoms with E-state index >= 15 is 0 Å². The molecule has 3 heterocycles. The van der Waals surface area contributed by atoms with Crippen LogP contribution in [0.2, 0.25) is 0 Å². The Bertz CT molecular complexity index is 3540. The van der Waals surface area contributed by atoms with Gasteiger partial charge in [-0.2, -0.15) is 0 Å². The van der Waals surface area contributed by atoms with Gasteiger partial charge < -0.3 is 9.32 Å². The van der Waals surface area contributed by atoms with Gasteiger partial charge in [-0.3, -0.25) is 0 Å². The summed E-state index contributed by atoms with van der Waals surface area (Å²) in [5.74, 6) is 1.85. The lowest BCUT2D eigenvalue weighted by molar-refractivity contribution is 0.669. The van der Waals surface area contributed by atoms with Crippen LogP contribution in [0.5, 0.6) is 0 Å². The van der Waals surface area contributed by atoms with E-state index in [1.807, 2.05) is 84.1 Å². The van der Waals surface area contributed by atoms with Crippen LogP contribution in [0.1, 0.15) is 0 Å². The zero-order valence-electron chi connectivity index (χ0n) is 32.7. The molecule has 0 aliphatic carbocycles. The average molecular weight is 799 g/mol. The van der Waals surface area contributed by atoms with Crippen molar-refractivity contribution in [1.82, 2.24) is 15.0 Å². The van der Waals surface area contributed by atoms with Crippen LogP contribution in [-0.4, -0.2) is 15.0 Å². The summed E-state index contributed by atoms with van der Waals surface area (Å²) in [5.41, 5.74) is 9.81. The Balaban J connectivity index is 0.942. The molecular weight excluding hydrogens is 765 g/mol. The predicted octanol–water partition coefficient (Wildman–Crippen LogP) is 15.4. The Morgan fingerprint density at radius 3 is 1.77 bits per heavy atom. The molecular formula is C55H34N4OS. The summed E-state index contributed by atoms with van der Waals surface area (Å²) in [5, 5.41) is 6.96. The minimum atomic E-state index is 0.600. The first-order valence-corrected chi connectivity index (χ1v) is 21.2. The van der Waals surface area contributed by atoms with Gasteiger partial charge in [-0.1, -0.05) is 140 Å². The minimum Gasteiger partial charge on any atom is -0.456 e. The second-order valence-electron chi connectivity index (χ2n) is 15.2. The Labute approximate surface area is 355 Å².